The van der Waals surface area contributed by atoms with E-state index in [1.165, 1.54) is 11.3 Å². The fraction of sp³-hybridized carbons (Fsp3) is 0.192. The monoisotopic (exact) mass is 542 g/mol. The molecule has 0 atom stereocenters. The van der Waals surface area contributed by atoms with Crippen LogP contribution in [0.1, 0.15) is 24.8 Å². The van der Waals surface area contributed by atoms with Crippen LogP contribution in [0, 0.1) is 0 Å². The normalized spacial score (nSPS) is 13.2. The van der Waals surface area contributed by atoms with Crippen molar-refractivity contribution in [2.45, 2.75) is 25.8 Å². The van der Waals surface area contributed by atoms with Crippen LogP contribution in [-0.2, 0) is 11.3 Å². The molecule has 7 nitrogen and oxygen atoms in total. The highest BCUT2D eigenvalue weighted by Gasteiger charge is 2.19. The van der Waals surface area contributed by atoms with Gasteiger partial charge < -0.3 is 19.5 Å². The van der Waals surface area contributed by atoms with Crippen molar-refractivity contribution >= 4 is 53.0 Å². The largest absolute Gasteiger partial charge is 0.413 e. The second kappa shape index (κ2) is 11.6. The zero-order chi connectivity index (χ0) is 24.2. The van der Waals surface area contributed by atoms with Crippen molar-refractivity contribution in [2.75, 3.05) is 11.4 Å². The average Bonchev–Trinajstić information content (AvgIpc) is 3.50. The molecular formula is C26H24Cl2N4O3S. The number of anilines is 1. The van der Waals surface area contributed by atoms with E-state index in [-0.39, 0.29) is 24.9 Å². The number of thiophene rings is 1. The van der Waals surface area contributed by atoms with Gasteiger partial charge in [-0.25, -0.2) is 4.79 Å². The summed E-state index contributed by atoms with van der Waals surface area (Å²) in [6.45, 7) is 1.03. The van der Waals surface area contributed by atoms with Gasteiger partial charge in [0.25, 0.3) is 0 Å². The predicted octanol–water partition coefficient (Wildman–Crippen LogP) is 6.48. The van der Waals surface area contributed by atoms with Crippen LogP contribution in [0.25, 0.3) is 16.8 Å². The highest BCUT2D eigenvalue weighted by atomic mass is 35.5. The standard InChI is InChI=1S/C26H23ClN4O3S.ClH/c27-23-10-11-25(35-23)34-26(33)29-15-19-16-30(17-22(19)18-4-3-12-28-14-18)20-6-8-21(9-7-20)31-13-2-1-5-24(31)32;/h3-4,6-12,14,16-17H,1-2,5,13,15H2,(H,29,33);1H. The van der Waals surface area contributed by atoms with Crippen molar-refractivity contribution in [3.05, 3.63) is 83.2 Å². The topological polar surface area (TPSA) is 76.5 Å². The summed E-state index contributed by atoms with van der Waals surface area (Å²) >= 11 is 7.10. The van der Waals surface area contributed by atoms with E-state index in [1.807, 2.05) is 58.3 Å². The molecule has 4 aromatic rings. The lowest BCUT2D eigenvalue weighted by molar-refractivity contribution is -0.119. The van der Waals surface area contributed by atoms with Gasteiger partial charge in [0.05, 0.1) is 4.34 Å². The molecule has 1 aliphatic rings. The molecule has 1 N–H and O–H groups in total. The van der Waals surface area contributed by atoms with E-state index >= 15 is 0 Å². The summed E-state index contributed by atoms with van der Waals surface area (Å²) in [5, 5.41) is 3.25. The maximum atomic E-state index is 12.3. The van der Waals surface area contributed by atoms with E-state index in [1.54, 1.807) is 24.5 Å². The molecule has 10 heteroatoms. The number of aromatic nitrogens is 2. The van der Waals surface area contributed by atoms with Gasteiger partial charge in [-0.1, -0.05) is 29.0 Å². The number of piperidine rings is 1. The fourth-order valence-corrected chi connectivity index (χ4v) is 4.97. The number of rotatable bonds is 6. The number of amides is 2. The SMILES string of the molecule is Cl.O=C(NCc1cn(-c2ccc(N3CCCCC3=O)cc2)cc1-c1cccnc1)Oc1ccc(Cl)s1. The van der Waals surface area contributed by atoms with E-state index < -0.39 is 6.09 Å². The van der Waals surface area contributed by atoms with Gasteiger partial charge in [0.1, 0.15) is 0 Å². The number of nitrogens with zero attached hydrogens (tertiary/aromatic N) is 3. The molecule has 186 valence electrons. The summed E-state index contributed by atoms with van der Waals surface area (Å²) in [6, 6.07) is 15.1. The molecule has 2 amide bonds. The van der Waals surface area contributed by atoms with Crippen molar-refractivity contribution in [1.29, 1.82) is 0 Å². The first-order valence-electron chi connectivity index (χ1n) is 11.3. The Morgan fingerprint density at radius 2 is 1.89 bits per heavy atom. The summed E-state index contributed by atoms with van der Waals surface area (Å²) in [6.07, 6.45) is 9.54. The van der Waals surface area contributed by atoms with Crippen molar-refractivity contribution in [1.82, 2.24) is 14.9 Å². The number of pyridine rings is 1. The fourth-order valence-electron chi connectivity index (χ4n) is 4.10. The summed E-state index contributed by atoms with van der Waals surface area (Å²) in [7, 11) is 0. The van der Waals surface area contributed by atoms with Crippen LogP contribution >= 0.6 is 35.3 Å². The molecule has 1 aliphatic heterocycles. The van der Waals surface area contributed by atoms with Gasteiger partial charge >= 0.3 is 6.09 Å². The maximum absolute atomic E-state index is 12.3. The number of ether oxygens (including phenoxy) is 1. The van der Waals surface area contributed by atoms with Crippen LogP contribution < -0.4 is 15.0 Å². The predicted molar refractivity (Wildman–Crippen MR) is 145 cm³/mol. The maximum Gasteiger partial charge on any atom is 0.413 e. The number of carbonyl (C=O) groups is 2. The number of hydrogen-bond acceptors (Lipinski definition) is 5. The van der Waals surface area contributed by atoms with E-state index in [0.717, 1.165) is 47.5 Å². The van der Waals surface area contributed by atoms with Gasteiger partial charge in [0.2, 0.25) is 5.91 Å². The lowest BCUT2D eigenvalue weighted by Crippen LogP contribution is -2.35. The Morgan fingerprint density at radius 1 is 1.08 bits per heavy atom. The third kappa shape index (κ3) is 5.90. The van der Waals surface area contributed by atoms with Crippen molar-refractivity contribution < 1.29 is 14.3 Å². The Bertz CT molecular complexity index is 1340. The molecule has 0 spiro atoms. The molecule has 36 heavy (non-hydrogen) atoms. The highest BCUT2D eigenvalue weighted by Crippen LogP contribution is 2.29. The number of nitrogens with one attached hydrogen (secondary N) is 1. The molecule has 1 saturated heterocycles. The number of carbonyl (C=O) groups excluding carboxylic acids is 2. The van der Waals surface area contributed by atoms with Crippen LogP contribution in [0.5, 0.6) is 5.06 Å². The van der Waals surface area contributed by atoms with E-state index in [2.05, 4.69) is 10.3 Å². The molecule has 5 rings (SSSR count). The third-order valence-electron chi connectivity index (χ3n) is 5.83. The Balaban J connectivity index is 0.00000304. The van der Waals surface area contributed by atoms with Crippen LogP contribution in [-0.4, -0.2) is 28.1 Å². The van der Waals surface area contributed by atoms with Crippen molar-refractivity contribution in [3.8, 4) is 21.9 Å². The first kappa shape index (κ1) is 25.8. The third-order valence-corrected chi connectivity index (χ3v) is 6.94. The van der Waals surface area contributed by atoms with Gasteiger partial charge in [-0.3, -0.25) is 9.78 Å². The summed E-state index contributed by atoms with van der Waals surface area (Å²) in [4.78, 5) is 30.7. The minimum Gasteiger partial charge on any atom is -0.399 e. The van der Waals surface area contributed by atoms with Crippen LogP contribution in [0.3, 0.4) is 0 Å². The highest BCUT2D eigenvalue weighted by molar-refractivity contribution is 7.17. The van der Waals surface area contributed by atoms with Gasteiger partial charge in [-0.05, 0) is 60.9 Å². The molecule has 0 unspecified atom stereocenters. The van der Waals surface area contributed by atoms with E-state index in [0.29, 0.717) is 15.8 Å². The second-order valence-electron chi connectivity index (χ2n) is 8.17. The number of halogens is 2. The van der Waals surface area contributed by atoms with Gasteiger partial charge in [-0.15, -0.1) is 12.4 Å². The quantitative estimate of drug-likeness (QED) is 0.302. The Kier molecular flexibility index (Phi) is 8.30. The van der Waals surface area contributed by atoms with Crippen molar-refractivity contribution in [3.63, 3.8) is 0 Å². The molecule has 3 aromatic heterocycles. The van der Waals surface area contributed by atoms with Crippen LogP contribution in [0.4, 0.5) is 10.5 Å². The summed E-state index contributed by atoms with van der Waals surface area (Å²) in [5.41, 5.74) is 4.67. The molecule has 4 heterocycles. The van der Waals surface area contributed by atoms with Crippen molar-refractivity contribution in [2.24, 2.45) is 0 Å². The van der Waals surface area contributed by atoms with Crippen LogP contribution in [0.15, 0.2) is 73.3 Å². The molecule has 1 fully saturated rings. The lowest BCUT2D eigenvalue weighted by atomic mass is 10.1. The average molecular weight is 543 g/mol. The molecule has 0 aliphatic carbocycles. The minimum atomic E-state index is -0.552. The molecule has 0 saturated carbocycles. The van der Waals surface area contributed by atoms with Crippen LogP contribution in [0.2, 0.25) is 4.34 Å². The van der Waals surface area contributed by atoms with E-state index in [9.17, 15) is 9.59 Å². The van der Waals surface area contributed by atoms with Gasteiger partial charge in [0.15, 0.2) is 5.06 Å². The second-order valence-corrected chi connectivity index (χ2v) is 9.84. The number of hydrogen-bond donors (Lipinski definition) is 1. The number of benzene rings is 1. The summed E-state index contributed by atoms with van der Waals surface area (Å²) < 4.78 is 7.87. The summed E-state index contributed by atoms with van der Waals surface area (Å²) in [5.74, 6) is 0.175. The first-order valence-corrected chi connectivity index (χ1v) is 12.5. The Hall–Kier alpha value is -3.33. The Labute approximate surface area is 224 Å². The molecular weight excluding hydrogens is 519 g/mol. The first-order chi connectivity index (χ1) is 17.1. The lowest BCUT2D eigenvalue weighted by Gasteiger charge is -2.26. The molecule has 1 aromatic carbocycles. The van der Waals surface area contributed by atoms with E-state index in [4.69, 9.17) is 16.3 Å². The zero-order valence-electron chi connectivity index (χ0n) is 19.2. The Morgan fingerprint density at radius 3 is 2.58 bits per heavy atom. The minimum absolute atomic E-state index is 0. The molecule has 0 radical (unpaired) electrons. The zero-order valence-corrected chi connectivity index (χ0v) is 21.6. The van der Waals surface area contributed by atoms with Gasteiger partial charge in [-0.2, -0.15) is 0 Å². The smallest absolute Gasteiger partial charge is 0.399 e. The molecule has 0 bridgehead atoms. The van der Waals surface area contributed by atoms with Gasteiger partial charge in [0, 0.05) is 66.8 Å².